The smallest absolute Gasteiger partial charge is 0.246 e. The molecule has 2 aromatic carbocycles. The Morgan fingerprint density at radius 2 is 1.85 bits per heavy atom. The summed E-state index contributed by atoms with van der Waals surface area (Å²) >= 11 is 6.50. The maximum absolute atomic E-state index is 14.3. The lowest BCUT2D eigenvalue weighted by Gasteiger charge is -2.38. The lowest BCUT2D eigenvalue weighted by molar-refractivity contribution is -0.142. The van der Waals surface area contributed by atoms with Gasteiger partial charge in [-0.15, -0.1) is 0 Å². The van der Waals surface area contributed by atoms with Gasteiger partial charge in [-0.05, 0) is 54.2 Å². The molecular formula is C32H36ClN3O5. The van der Waals surface area contributed by atoms with Gasteiger partial charge >= 0.3 is 0 Å². The molecule has 1 aliphatic carbocycles. The number of methoxy groups -OCH3 is 1. The number of carbonyl (C=O) groups excluding carboxylic acids is 3. The van der Waals surface area contributed by atoms with Crippen LogP contribution in [-0.2, 0) is 25.7 Å². The molecule has 1 spiro atoms. The van der Waals surface area contributed by atoms with Gasteiger partial charge in [-0.25, -0.2) is 0 Å². The number of rotatable bonds is 7. The van der Waals surface area contributed by atoms with Crippen molar-refractivity contribution in [1.82, 2.24) is 10.2 Å². The maximum atomic E-state index is 14.3. The Bertz CT molecular complexity index is 1380. The van der Waals surface area contributed by atoms with Crippen molar-refractivity contribution in [3.63, 3.8) is 0 Å². The average molecular weight is 578 g/mol. The standard InChI is InChI=1S/C32H36ClN3O5/c1-18-7-6-10-24(19(18)2)35-30(38)28-32-16-15-25(41-32)26(29(37)34-21-11-13-22(40-3)14-12-21)27(32)31(39)36(28)17-20-8-4-5-9-23(20)33/h4-5,8-9,11-16,18-19,24-28H,6-7,10,17H2,1-3H3,(H,34,37)(H,35,38)/t18-,19-,24-,25+,26-,27+,28+,32+/m1/s1. The Labute approximate surface area is 245 Å². The highest BCUT2D eigenvalue weighted by atomic mass is 35.5. The van der Waals surface area contributed by atoms with Crippen LogP contribution < -0.4 is 15.4 Å². The largest absolute Gasteiger partial charge is 0.497 e. The molecule has 3 aliphatic heterocycles. The number of benzene rings is 2. The van der Waals surface area contributed by atoms with E-state index in [1.807, 2.05) is 30.4 Å². The number of likely N-dealkylation sites (tertiary alicyclic amines) is 1. The van der Waals surface area contributed by atoms with E-state index in [2.05, 4.69) is 24.5 Å². The predicted molar refractivity (Wildman–Crippen MR) is 155 cm³/mol. The fourth-order valence-electron chi connectivity index (χ4n) is 7.20. The third-order valence-electron chi connectivity index (χ3n) is 9.62. The number of fused-ring (bicyclic) bond motifs is 1. The molecule has 8 nitrogen and oxygen atoms in total. The van der Waals surface area contributed by atoms with Crippen LogP contribution in [-0.4, -0.2) is 53.5 Å². The molecule has 6 rings (SSSR count). The molecule has 3 fully saturated rings. The molecule has 216 valence electrons. The molecule has 9 heteroatoms. The number of amides is 3. The van der Waals surface area contributed by atoms with Gasteiger partial charge in [0.25, 0.3) is 0 Å². The first-order valence-electron chi connectivity index (χ1n) is 14.4. The van der Waals surface area contributed by atoms with E-state index in [0.29, 0.717) is 28.3 Å². The van der Waals surface area contributed by atoms with Crippen LogP contribution in [0, 0.1) is 23.7 Å². The normalized spacial score (nSPS) is 33.5. The number of hydrogen-bond acceptors (Lipinski definition) is 5. The predicted octanol–water partition coefficient (Wildman–Crippen LogP) is 4.58. The van der Waals surface area contributed by atoms with Gasteiger partial charge in [0.05, 0.1) is 25.0 Å². The van der Waals surface area contributed by atoms with Gasteiger partial charge in [0, 0.05) is 23.3 Å². The Kier molecular flexibility index (Phi) is 7.32. The summed E-state index contributed by atoms with van der Waals surface area (Å²) in [5.41, 5.74) is 0.0807. The highest BCUT2D eigenvalue weighted by Crippen LogP contribution is 2.55. The van der Waals surface area contributed by atoms with Crippen LogP contribution in [0.5, 0.6) is 5.75 Å². The van der Waals surface area contributed by atoms with Gasteiger partial charge < -0.3 is 25.0 Å². The lowest BCUT2D eigenvalue weighted by atomic mass is 9.73. The Morgan fingerprint density at radius 1 is 1.10 bits per heavy atom. The van der Waals surface area contributed by atoms with E-state index in [1.165, 1.54) is 0 Å². The summed E-state index contributed by atoms with van der Waals surface area (Å²) in [5.74, 6) is -0.991. The lowest BCUT2D eigenvalue weighted by Crippen LogP contribution is -2.57. The number of anilines is 1. The molecule has 1 saturated carbocycles. The van der Waals surface area contributed by atoms with Crippen LogP contribution >= 0.6 is 11.6 Å². The molecule has 0 aromatic heterocycles. The third kappa shape index (κ3) is 4.71. The Balaban J connectivity index is 1.32. The van der Waals surface area contributed by atoms with E-state index in [1.54, 1.807) is 42.3 Å². The van der Waals surface area contributed by atoms with E-state index >= 15 is 0 Å². The van der Waals surface area contributed by atoms with E-state index in [9.17, 15) is 14.4 Å². The molecule has 2 bridgehead atoms. The van der Waals surface area contributed by atoms with Crippen molar-refractivity contribution in [1.29, 1.82) is 0 Å². The number of nitrogens with one attached hydrogen (secondary N) is 2. The highest BCUT2D eigenvalue weighted by Gasteiger charge is 2.72. The average Bonchev–Trinajstić information content (AvgIpc) is 3.60. The van der Waals surface area contributed by atoms with Crippen molar-refractivity contribution in [2.24, 2.45) is 23.7 Å². The first kappa shape index (κ1) is 27.8. The van der Waals surface area contributed by atoms with Gasteiger partial charge in [-0.1, -0.05) is 68.6 Å². The molecule has 2 aromatic rings. The quantitative estimate of drug-likeness (QED) is 0.470. The van der Waals surface area contributed by atoms with E-state index in [0.717, 1.165) is 24.8 Å². The van der Waals surface area contributed by atoms with Crippen molar-refractivity contribution < 1.29 is 23.9 Å². The summed E-state index contributed by atoms with van der Waals surface area (Å²) < 4.78 is 11.7. The Morgan fingerprint density at radius 3 is 2.59 bits per heavy atom. The van der Waals surface area contributed by atoms with E-state index < -0.39 is 29.6 Å². The highest BCUT2D eigenvalue weighted by molar-refractivity contribution is 6.31. The summed E-state index contributed by atoms with van der Waals surface area (Å²) in [6, 6.07) is 13.4. The number of carbonyl (C=O) groups is 3. The summed E-state index contributed by atoms with van der Waals surface area (Å²) in [5, 5.41) is 6.74. The minimum atomic E-state index is -1.24. The van der Waals surface area contributed by atoms with Crippen molar-refractivity contribution in [2.45, 2.75) is 63.4 Å². The first-order valence-corrected chi connectivity index (χ1v) is 14.8. The van der Waals surface area contributed by atoms with Gasteiger partial charge in [0.15, 0.2) is 0 Å². The third-order valence-corrected chi connectivity index (χ3v) is 9.98. The summed E-state index contributed by atoms with van der Waals surface area (Å²) in [6.07, 6.45) is 6.13. The SMILES string of the molecule is COc1ccc(NC(=O)[C@@H]2[C@@H]3C=C[C@]4(O3)[C@@H]2C(=O)N(Cc2ccccc2Cl)[C@H]4C(=O)N[C@@H]2CCC[C@@H](C)[C@H]2C)cc1. The molecule has 8 atom stereocenters. The van der Waals surface area contributed by atoms with Crippen LogP contribution in [0.3, 0.4) is 0 Å². The van der Waals surface area contributed by atoms with Crippen LogP contribution in [0.25, 0.3) is 0 Å². The van der Waals surface area contributed by atoms with E-state index in [4.69, 9.17) is 21.1 Å². The van der Waals surface area contributed by atoms with Crippen LogP contribution in [0.4, 0.5) is 5.69 Å². The van der Waals surface area contributed by atoms with Crippen LogP contribution in [0.15, 0.2) is 60.7 Å². The molecule has 3 heterocycles. The number of hydrogen-bond donors (Lipinski definition) is 2. The van der Waals surface area contributed by atoms with Crippen molar-refractivity contribution >= 4 is 35.0 Å². The van der Waals surface area contributed by atoms with E-state index in [-0.39, 0.29) is 30.3 Å². The summed E-state index contributed by atoms with van der Waals surface area (Å²) in [7, 11) is 1.58. The minimum absolute atomic E-state index is 0.00992. The van der Waals surface area contributed by atoms with Gasteiger partial charge in [0.1, 0.15) is 17.4 Å². The van der Waals surface area contributed by atoms with Crippen LogP contribution in [0.2, 0.25) is 5.02 Å². The molecule has 0 unspecified atom stereocenters. The minimum Gasteiger partial charge on any atom is -0.497 e. The molecule has 2 N–H and O–H groups in total. The zero-order valence-electron chi connectivity index (χ0n) is 23.5. The molecule has 2 saturated heterocycles. The number of nitrogens with zero attached hydrogens (tertiary/aromatic N) is 1. The summed E-state index contributed by atoms with van der Waals surface area (Å²) in [6.45, 7) is 4.53. The molecule has 4 aliphatic rings. The molecular weight excluding hydrogens is 542 g/mol. The second-order valence-electron chi connectivity index (χ2n) is 11.9. The summed E-state index contributed by atoms with van der Waals surface area (Å²) in [4.78, 5) is 43.7. The Hall–Kier alpha value is -3.36. The zero-order valence-corrected chi connectivity index (χ0v) is 24.3. The number of ether oxygens (including phenoxy) is 2. The maximum Gasteiger partial charge on any atom is 0.246 e. The van der Waals surface area contributed by atoms with Crippen LogP contribution in [0.1, 0.15) is 38.7 Å². The van der Waals surface area contributed by atoms with Crippen molar-refractivity contribution in [3.05, 3.63) is 71.3 Å². The fraction of sp³-hybridized carbons (Fsp3) is 0.469. The van der Waals surface area contributed by atoms with Crippen molar-refractivity contribution in [3.8, 4) is 5.75 Å². The second kappa shape index (κ2) is 10.8. The molecule has 41 heavy (non-hydrogen) atoms. The number of halogens is 1. The molecule has 3 amide bonds. The van der Waals surface area contributed by atoms with Gasteiger partial charge in [-0.3, -0.25) is 14.4 Å². The first-order chi connectivity index (χ1) is 19.7. The topological polar surface area (TPSA) is 97.0 Å². The second-order valence-corrected chi connectivity index (χ2v) is 12.3. The van der Waals surface area contributed by atoms with Gasteiger partial charge in [-0.2, -0.15) is 0 Å². The van der Waals surface area contributed by atoms with Crippen molar-refractivity contribution in [2.75, 3.05) is 12.4 Å². The fourth-order valence-corrected chi connectivity index (χ4v) is 7.39. The zero-order chi connectivity index (χ0) is 28.9. The monoisotopic (exact) mass is 577 g/mol. The van der Waals surface area contributed by atoms with Gasteiger partial charge in [0.2, 0.25) is 17.7 Å². The molecule has 0 radical (unpaired) electrons.